The van der Waals surface area contributed by atoms with Crippen LogP contribution in [0.3, 0.4) is 0 Å². The number of benzene rings is 1. The molecule has 1 unspecified atom stereocenters. The van der Waals surface area contributed by atoms with E-state index in [0.717, 1.165) is 16.6 Å². The lowest BCUT2D eigenvalue weighted by Crippen LogP contribution is -2.23. The molecule has 20 heavy (non-hydrogen) atoms. The van der Waals surface area contributed by atoms with Crippen LogP contribution in [-0.4, -0.2) is 37.3 Å². The van der Waals surface area contributed by atoms with Crippen molar-refractivity contribution < 1.29 is 19.4 Å². The van der Waals surface area contributed by atoms with Gasteiger partial charge < -0.3 is 9.84 Å². The van der Waals surface area contributed by atoms with Crippen molar-refractivity contribution >= 4 is 11.9 Å². The molecular formula is C12H12N4O4. The van der Waals surface area contributed by atoms with Crippen molar-refractivity contribution in [2.45, 2.75) is 19.1 Å². The van der Waals surface area contributed by atoms with E-state index in [-0.39, 0.29) is 13.0 Å². The molecule has 1 heterocycles. The number of rotatable bonds is 6. The minimum absolute atomic E-state index is 0.0988. The van der Waals surface area contributed by atoms with Crippen LogP contribution < -0.4 is 0 Å². The molecule has 0 bridgehead atoms. The van der Waals surface area contributed by atoms with Crippen LogP contribution in [0, 0.1) is 0 Å². The zero-order chi connectivity index (χ0) is 14.4. The van der Waals surface area contributed by atoms with Crippen LogP contribution in [-0.2, 0) is 20.9 Å². The number of ether oxygens (including phenoxy) is 1. The maximum Gasteiger partial charge on any atom is 0.329 e. The Labute approximate surface area is 114 Å². The summed E-state index contributed by atoms with van der Waals surface area (Å²) in [5.41, 5.74) is 0.829. The van der Waals surface area contributed by atoms with E-state index < -0.39 is 18.0 Å². The van der Waals surface area contributed by atoms with Crippen LogP contribution in [0.1, 0.15) is 18.0 Å². The first-order chi connectivity index (χ1) is 9.66. The zero-order valence-corrected chi connectivity index (χ0v) is 10.4. The van der Waals surface area contributed by atoms with Crippen LogP contribution in [0.15, 0.2) is 36.7 Å². The number of carbonyl (C=O) groups is 2. The normalized spacial score (nSPS) is 11.8. The fourth-order valence-electron chi connectivity index (χ4n) is 1.56. The standard InChI is InChI=1S/C12H12N4O4/c17-11(20-7-9-4-2-1-3-5-9)6-10(12(18)19)16-8-13-14-15-16/h1-5,8,10H,6-7H2,(H,18,19). The van der Waals surface area contributed by atoms with Gasteiger partial charge in [-0.25, -0.2) is 9.48 Å². The molecule has 1 aromatic heterocycles. The third-order valence-corrected chi connectivity index (χ3v) is 2.57. The molecule has 0 saturated heterocycles. The van der Waals surface area contributed by atoms with Crippen molar-refractivity contribution in [3.8, 4) is 0 Å². The molecule has 1 aromatic carbocycles. The smallest absolute Gasteiger partial charge is 0.329 e. The van der Waals surface area contributed by atoms with Gasteiger partial charge in [0, 0.05) is 0 Å². The highest BCUT2D eigenvalue weighted by Crippen LogP contribution is 2.11. The number of esters is 1. The largest absolute Gasteiger partial charge is 0.480 e. The Morgan fingerprint density at radius 1 is 1.30 bits per heavy atom. The molecule has 8 heteroatoms. The van der Waals surface area contributed by atoms with Gasteiger partial charge in [0.2, 0.25) is 0 Å². The molecule has 0 aliphatic carbocycles. The first kappa shape index (κ1) is 13.7. The molecule has 0 spiro atoms. The van der Waals surface area contributed by atoms with E-state index in [1.54, 1.807) is 0 Å². The minimum atomic E-state index is -1.20. The fourth-order valence-corrected chi connectivity index (χ4v) is 1.56. The number of tetrazole rings is 1. The van der Waals surface area contributed by atoms with E-state index in [1.165, 1.54) is 0 Å². The summed E-state index contributed by atoms with van der Waals surface area (Å²) in [5, 5.41) is 19.2. The van der Waals surface area contributed by atoms with Gasteiger partial charge in [-0.1, -0.05) is 30.3 Å². The number of aromatic nitrogens is 4. The average Bonchev–Trinajstić information content (AvgIpc) is 2.97. The number of hydrogen-bond acceptors (Lipinski definition) is 6. The van der Waals surface area contributed by atoms with Crippen molar-refractivity contribution in [2.75, 3.05) is 0 Å². The zero-order valence-electron chi connectivity index (χ0n) is 10.4. The second-order valence-corrected chi connectivity index (χ2v) is 3.99. The number of carboxylic acids is 1. The van der Waals surface area contributed by atoms with E-state index in [2.05, 4.69) is 15.5 Å². The summed E-state index contributed by atoms with van der Waals surface area (Å²) in [5.74, 6) is -1.83. The molecule has 2 rings (SSSR count). The molecule has 2 aromatic rings. The predicted octanol–water partition coefficient (Wildman–Crippen LogP) is 0.432. The van der Waals surface area contributed by atoms with Gasteiger partial charge in [0.1, 0.15) is 12.9 Å². The average molecular weight is 276 g/mol. The number of aliphatic carboxylic acids is 1. The fraction of sp³-hybridized carbons (Fsp3) is 0.250. The Morgan fingerprint density at radius 2 is 2.05 bits per heavy atom. The number of carboxylic acid groups (broad SMARTS) is 1. The van der Waals surface area contributed by atoms with Crippen molar-refractivity contribution in [2.24, 2.45) is 0 Å². The van der Waals surface area contributed by atoms with Crippen LogP contribution in [0.2, 0.25) is 0 Å². The van der Waals surface area contributed by atoms with E-state index in [0.29, 0.717) is 0 Å². The summed E-state index contributed by atoms with van der Waals surface area (Å²) in [6.45, 7) is 0.0988. The molecule has 0 radical (unpaired) electrons. The maximum atomic E-state index is 11.7. The molecule has 0 aliphatic heterocycles. The highest BCUT2D eigenvalue weighted by molar-refractivity contribution is 5.80. The first-order valence-electron chi connectivity index (χ1n) is 5.81. The van der Waals surface area contributed by atoms with Crippen LogP contribution in [0.5, 0.6) is 0 Å². The molecule has 104 valence electrons. The Kier molecular flexibility index (Phi) is 4.38. The van der Waals surface area contributed by atoms with Crippen molar-refractivity contribution in [3.63, 3.8) is 0 Å². The lowest BCUT2D eigenvalue weighted by molar-refractivity contribution is -0.152. The molecule has 0 aliphatic rings. The molecular weight excluding hydrogens is 264 g/mol. The maximum absolute atomic E-state index is 11.7. The number of carbonyl (C=O) groups excluding carboxylic acids is 1. The van der Waals surface area contributed by atoms with Crippen LogP contribution in [0.25, 0.3) is 0 Å². The van der Waals surface area contributed by atoms with Crippen molar-refractivity contribution in [1.29, 1.82) is 0 Å². The Balaban J connectivity index is 1.91. The van der Waals surface area contributed by atoms with Crippen LogP contribution in [0.4, 0.5) is 0 Å². The third kappa shape index (κ3) is 3.61. The van der Waals surface area contributed by atoms with Gasteiger partial charge in [-0.05, 0) is 16.0 Å². The first-order valence-corrected chi connectivity index (χ1v) is 5.81. The number of nitrogens with zero attached hydrogens (tertiary/aromatic N) is 4. The quantitative estimate of drug-likeness (QED) is 0.762. The van der Waals surface area contributed by atoms with E-state index >= 15 is 0 Å². The van der Waals surface area contributed by atoms with Gasteiger partial charge in [0.25, 0.3) is 0 Å². The molecule has 1 atom stereocenters. The van der Waals surface area contributed by atoms with Gasteiger partial charge in [-0.15, -0.1) is 5.10 Å². The summed E-state index contributed by atoms with van der Waals surface area (Å²) >= 11 is 0. The number of hydrogen-bond donors (Lipinski definition) is 1. The van der Waals surface area contributed by atoms with E-state index in [4.69, 9.17) is 9.84 Å². The van der Waals surface area contributed by atoms with Gasteiger partial charge in [0.05, 0.1) is 6.42 Å². The second kappa shape index (κ2) is 6.41. The monoisotopic (exact) mass is 276 g/mol. The summed E-state index contributed by atoms with van der Waals surface area (Å²) in [7, 11) is 0. The van der Waals surface area contributed by atoms with E-state index in [1.807, 2.05) is 30.3 Å². The Hall–Kier alpha value is -2.77. The Bertz CT molecular complexity index is 570. The lowest BCUT2D eigenvalue weighted by Gasteiger charge is -2.11. The van der Waals surface area contributed by atoms with Gasteiger partial charge in [-0.3, -0.25) is 4.79 Å². The van der Waals surface area contributed by atoms with Crippen molar-refractivity contribution in [3.05, 3.63) is 42.2 Å². The van der Waals surface area contributed by atoms with E-state index in [9.17, 15) is 9.59 Å². The SMILES string of the molecule is O=C(CC(C(=O)O)n1cnnn1)OCc1ccccc1. The Morgan fingerprint density at radius 3 is 2.65 bits per heavy atom. The summed E-state index contributed by atoms with van der Waals surface area (Å²) in [6, 6.07) is 7.94. The third-order valence-electron chi connectivity index (χ3n) is 2.57. The summed E-state index contributed by atoms with van der Waals surface area (Å²) in [4.78, 5) is 22.7. The van der Waals surface area contributed by atoms with Gasteiger partial charge in [-0.2, -0.15) is 0 Å². The van der Waals surface area contributed by atoms with Crippen LogP contribution >= 0.6 is 0 Å². The highest BCUT2D eigenvalue weighted by Gasteiger charge is 2.25. The van der Waals surface area contributed by atoms with Crippen molar-refractivity contribution in [1.82, 2.24) is 20.2 Å². The minimum Gasteiger partial charge on any atom is -0.480 e. The molecule has 1 N–H and O–H groups in total. The summed E-state index contributed by atoms with van der Waals surface area (Å²) in [6.07, 6.45) is 0.802. The molecule has 8 nitrogen and oxygen atoms in total. The van der Waals surface area contributed by atoms with Gasteiger partial charge >= 0.3 is 11.9 Å². The molecule has 0 amide bonds. The molecule has 0 fully saturated rings. The highest BCUT2D eigenvalue weighted by atomic mass is 16.5. The molecule has 0 saturated carbocycles. The lowest BCUT2D eigenvalue weighted by atomic mass is 10.2. The second-order valence-electron chi connectivity index (χ2n) is 3.99. The predicted molar refractivity (Wildman–Crippen MR) is 65.3 cm³/mol. The van der Waals surface area contributed by atoms with Gasteiger partial charge in [0.15, 0.2) is 6.04 Å². The summed E-state index contributed by atoms with van der Waals surface area (Å²) < 4.78 is 6.03. The topological polar surface area (TPSA) is 107 Å².